The quantitative estimate of drug-likeness (QED) is 0.819. The molecule has 1 heterocycles. The van der Waals surface area contributed by atoms with Crippen LogP contribution in [0.15, 0.2) is 54.6 Å². The molecule has 2 heteroatoms. The molecule has 0 saturated carbocycles. The topological polar surface area (TPSA) is 6.48 Å². The summed E-state index contributed by atoms with van der Waals surface area (Å²) in [6.07, 6.45) is 2.44. The predicted molar refractivity (Wildman–Crippen MR) is 99.2 cm³/mol. The molecule has 122 valence electrons. The molecule has 0 spiro atoms. The van der Waals surface area contributed by atoms with Gasteiger partial charge in [-0.25, -0.2) is 0 Å². The van der Waals surface area contributed by atoms with E-state index in [1.54, 1.807) is 0 Å². The zero-order valence-electron chi connectivity index (χ0n) is 14.4. The summed E-state index contributed by atoms with van der Waals surface area (Å²) >= 11 is 0. The van der Waals surface area contributed by atoms with Gasteiger partial charge in [-0.15, -0.1) is 0 Å². The van der Waals surface area contributed by atoms with Gasteiger partial charge in [0.2, 0.25) is 0 Å². The van der Waals surface area contributed by atoms with Gasteiger partial charge in [0.05, 0.1) is 0 Å². The van der Waals surface area contributed by atoms with E-state index in [1.165, 1.54) is 49.3 Å². The van der Waals surface area contributed by atoms with Crippen LogP contribution in [0, 0.1) is 6.92 Å². The molecule has 1 atom stereocenters. The number of rotatable bonds is 5. The minimum absolute atomic E-state index is 0.586. The van der Waals surface area contributed by atoms with Crippen molar-refractivity contribution in [2.24, 2.45) is 0 Å². The maximum atomic E-state index is 2.62. The molecule has 2 aromatic rings. The van der Waals surface area contributed by atoms with E-state index < -0.39 is 0 Å². The first kappa shape index (κ1) is 16.1. The Bertz CT molecular complexity index is 591. The van der Waals surface area contributed by atoms with Gasteiger partial charge in [-0.2, -0.15) is 0 Å². The van der Waals surface area contributed by atoms with Crippen molar-refractivity contribution in [3.8, 4) is 0 Å². The highest BCUT2D eigenvalue weighted by molar-refractivity contribution is 5.48. The summed E-state index contributed by atoms with van der Waals surface area (Å²) in [7, 11) is 0. The third-order valence-electron chi connectivity index (χ3n) is 4.86. The largest absolute Gasteiger partial charge is 0.366 e. The highest BCUT2D eigenvalue weighted by Gasteiger charge is 2.23. The predicted octanol–water partition coefficient (Wildman–Crippen LogP) is 4.14. The van der Waals surface area contributed by atoms with Crippen LogP contribution in [0.3, 0.4) is 0 Å². The Morgan fingerprint density at radius 3 is 2.39 bits per heavy atom. The lowest BCUT2D eigenvalue weighted by Gasteiger charge is -2.41. The summed E-state index contributed by atoms with van der Waals surface area (Å²) < 4.78 is 0. The number of benzene rings is 2. The lowest BCUT2D eigenvalue weighted by molar-refractivity contribution is 0.226. The van der Waals surface area contributed by atoms with E-state index >= 15 is 0 Å². The van der Waals surface area contributed by atoms with E-state index in [4.69, 9.17) is 0 Å². The van der Waals surface area contributed by atoms with Gasteiger partial charge >= 0.3 is 0 Å². The van der Waals surface area contributed by atoms with Crippen LogP contribution in [-0.2, 0) is 6.42 Å². The molecule has 1 aliphatic heterocycles. The minimum Gasteiger partial charge on any atom is -0.366 e. The van der Waals surface area contributed by atoms with E-state index in [0.717, 1.165) is 6.54 Å². The molecule has 1 unspecified atom stereocenters. The summed E-state index contributed by atoms with van der Waals surface area (Å²) in [4.78, 5) is 5.17. The minimum atomic E-state index is 0.586. The van der Waals surface area contributed by atoms with Crippen molar-refractivity contribution < 1.29 is 0 Å². The first-order valence-electron chi connectivity index (χ1n) is 8.82. The molecule has 2 nitrogen and oxygen atoms in total. The van der Waals surface area contributed by atoms with Gasteiger partial charge in [-0.1, -0.05) is 48.0 Å². The van der Waals surface area contributed by atoms with E-state index in [1.807, 2.05) is 0 Å². The third-order valence-corrected chi connectivity index (χ3v) is 4.86. The smallest absolute Gasteiger partial charge is 0.0389 e. The number of anilines is 1. The molecule has 0 aromatic heterocycles. The van der Waals surface area contributed by atoms with Crippen molar-refractivity contribution in [1.82, 2.24) is 4.90 Å². The molecule has 3 rings (SSSR count). The van der Waals surface area contributed by atoms with Gasteiger partial charge in [0.15, 0.2) is 0 Å². The molecular weight excluding hydrogens is 280 g/mol. The van der Waals surface area contributed by atoms with Gasteiger partial charge in [0.25, 0.3) is 0 Å². The van der Waals surface area contributed by atoms with Crippen LogP contribution in [0.2, 0.25) is 0 Å². The highest BCUT2D eigenvalue weighted by atomic mass is 15.3. The van der Waals surface area contributed by atoms with Crippen molar-refractivity contribution in [3.05, 3.63) is 65.7 Å². The fraction of sp³-hybridized carbons (Fsp3) is 0.429. The molecule has 0 N–H and O–H groups in total. The maximum Gasteiger partial charge on any atom is 0.0389 e. The fourth-order valence-electron chi connectivity index (χ4n) is 3.51. The zero-order valence-corrected chi connectivity index (χ0v) is 14.4. The van der Waals surface area contributed by atoms with Gasteiger partial charge in [-0.05, 0) is 50.9 Å². The molecule has 1 aliphatic rings. The Labute approximate surface area is 140 Å². The first-order valence-corrected chi connectivity index (χ1v) is 8.82. The molecule has 0 amide bonds. The number of hydrogen-bond donors (Lipinski definition) is 0. The van der Waals surface area contributed by atoms with Crippen molar-refractivity contribution in [3.63, 3.8) is 0 Å². The Balaban J connectivity index is 1.47. The third kappa shape index (κ3) is 4.35. The van der Waals surface area contributed by atoms with Crippen LogP contribution in [0.25, 0.3) is 0 Å². The molecule has 2 aromatic carbocycles. The Morgan fingerprint density at radius 1 is 0.957 bits per heavy atom. The normalized spacial score (nSPS) is 19.0. The summed E-state index contributed by atoms with van der Waals surface area (Å²) in [5, 5.41) is 0. The second kappa shape index (κ2) is 7.65. The Morgan fingerprint density at radius 2 is 1.70 bits per heavy atom. The Hall–Kier alpha value is -1.80. The lowest BCUT2D eigenvalue weighted by Crippen LogP contribution is -2.52. The lowest BCUT2D eigenvalue weighted by atomic mass is 10.1. The van der Waals surface area contributed by atoms with Gasteiger partial charge in [0.1, 0.15) is 0 Å². The van der Waals surface area contributed by atoms with Gasteiger partial charge in [0, 0.05) is 31.4 Å². The summed E-state index contributed by atoms with van der Waals surface area (Å²) in [5.41, 5.74) is 4.16. The molecule has 1 fully saturated rings. The van der Waals surface area contributed by atoms with Gasteiger partial charge in [-0.3, -0.25) is 4.90 Å². The number of aryl methyl sites for hydroxylation is 2. The van der Waals surface area contributed by atoms with Crippen LogP contribution in [-0.4, -0.2) is 37.1 Å². The Kier molecular flexibility index (Phi) is 5.35. The second-order valence-corrected chi connectivity index (χ2v) is 6.77. The molecule has 23 heavy (non-hydrogen) atoms. The maximum absolute atomic E-state index is 2.62. The number of nitrogens with zero attached hydrogens (tertiary/aromatic N) is 2. The monoisotopic (exact) mass is 308 g/mol. The van der Waals surface area contributed by atoms with Crippen molar-refractivity contribution in [2.45, 2.75) is 32.7 Å². The van der Waals surface area contributed by atoms with Crippen LogP contribution >= 0.6 is 0 Å². The van der Waals surface area contributed by atoms with Crippen LogP contribution in [0.5, 0.6) is 0 Å². The highest BCUT2D eigenvalue weighted by Crippen LogP contribution is 2.21. The molecule has 0 aliphatic carbocycles. The van der Waals surface area contributed by atoms with E-state index in [0.29, 0.717) is 6.04 Å². The van der Waals surface area contributed by atoms with E-state index in [9.17, 15) is 0 Å². The summed E-state index contributed by atoms with van der Waals surface area (Å²) in [5.74, 6) is 0. The SMILES string of the molecule is Cc1ccc(N2CCN(CCCc3ccccc3)CC2C)cc1. The van der Waals surface area contributed by atoms with E-state index in [2.05, 4.69) is 78.2 Å². The zero-order chi connectivity index (χ0) is 16.1. The van der Waals surface area contributed by atoms with Crippen molar-refractivity contribution in [2.75, 3.05) is 31.1 Å². The standard InChI is InChI=1S/C21H28N2/c1-18-10-12-21(13-11-18)23-16-15-22(17-19(23)2)14-6-9-20-7-4-3-5-8-20/h3-5,7-8,10-13,19H,6,9,14-17H2,1-2H3. The van der Waals surface area contributed by atoms with Crippen LogP contribution in [0.1, 0.15) is 24.5 Å². The molecule has 0 radical (unpaired) electrons. The van der Waals surface area contributed by atoms with Crippen LogP contribution in [0.4, 0.5) is 5.69 Å². The van der Waals surface area contributed by atoms with Crippen molar-refractivity contribution in [1.29, 1.82) is 0 Å². The molecular formula is C21H28N2. The van der Waals surface area contributed by atoms with Crippen molar-refractivity contribution >= 4 is 5.69 Å². The van der Waals surface area contributed by atoms with E-state index in [-0.39, 0.29) is 0 Å². The number of hydrogen-bond acceptors (Lipinski definition) is 2. The van der Waals surface area contributed by atoms with Gasteiger partial charge < -0.3 is 4.90 Å². The second-order valence-electron chi connectivity index (χ2n) is 6.77. The average Bonchev–Trinajstić information content (AvgIpc) is 2.57. The average molecular weight is 308 g/mol. The summed E-state index contributed by atoms with van der Waals surface area (Å²) in [6, 6.07) is 20.4. The number of piperazine rings is 1. The first-order chi connectivity index (χ1) is 11.2. The summed E-state index contributed by atoms with van der Waals surface area (Å²) in [6.45, 7) is 9.19. The molecule has 0 bridgehead atoms. The molecule has 1 saturated heterocycles. The fourth-order valence-corrected chi connectivity index (χ4v) is 3.51. The van der Waals surface area contributed by atoms with Crippen LogP contribution < -0.4 is 4.90 Å².